The van der Waals surface area contributed by atoms with Crippen LogP contribution in [0.15, 0.2) is 62.9 Å². The summed E-state index contributed by atoms with van der Waals surface area (Å²) >= 11 is 0. The van der Waals surface area contributed by atoms with Gasteiger partial charge in [-0.15, -0.1) is 0 Å². The molecule has 9 heteroatoms. The fraction of sp³-hybridized carbons (Fsp3) is 0.548. The number of hydrogen-bond acceptors (Lipinski definition) is 7. The molecule has 0 saturated carbocycles. The van der Waals surface area contributed by atoms with Gasteiger partial charge in [0.15, 0.2) is 0 Å². The fourth-order valence-corrected chi connectivity index (χ4v) is 6.84. The van der Waals surface area contributed by atoms with E-state index in [0.29, 0.717) is 62.5 Å². The van der Waals surface area contributed by atoms with Crippen LogP contribution in [0.5, 0.6) is 0 Å². The van der Waals surface area contributed by atoms with Crippen LogP contribution in [0.2, 0.25) is 25.7 Å². The van der Waals surface area contributed by atoms with Crippen LogP contribution in [0.1, 0.15) is 37.2 Å². The van der Waals surface area contributed by atoms with Gasteiger partial charge in [-0.3, -0.25) is 19.6 Å². The maximum Gasteiger partial charge on any atom is 0.226 e. The lowest BCUT2D eigenvalue weighted by atomic mass is 9.79. The van der Waals surface area contributed by atoms with E-state index in [1.54, 1.807) is 6.21 Å². The van der Waals surface area contributed by atoms with Crippen molar-refractivity contribution < 1.29 is 19.4 Å². The van der Waals surface area contributed by atoms with E-state index in [-0.39, 0.29) is 23.5 Å². The largest absolute Gasteiger partial charge is 0.389 e. The molecule has 0 aliphatic carbocycles. The first-order chi connectivity index (χ1) is 19.1. The third kappa shape index (κ3) is 6.59. The number of carbonyl (C=O) groups excluding carboxylic acids is 2. The van der Waals surface area contributed by atoms with Crippen molar-refractivity contribution in [1.82, 2.24) is 10.2 Å². The molecule has 8 nitrogen and oxygen atoms in total. The van der Waals surface area contributed by atoms with Crippen molar-refractivity contribution in [2.24, 2.45) is 15.9 Å². The van der Waals surface area contributed by atoms with Gasteiger partial charge in [-0.05, 0) is 43.0 Å². The number of nitrogens with one attached hydrogen (secondary N) is 1. The van der Waals surface area contributed by atoms with Crippen molar-refractivity contribution in [2.45, 2.75) is 62.9 Å². The number of rotatable bonds is 9. The van der Waals surface area contributed by atoms with Crippen LogP contribution in [0.3, 0.4) is 0 Å². The lowest BCUT2D eigenvalue weighted by Crippen LogP contribution is -2.51. The molecule has 2 saturated heterocycles. The first kappa shape index (κ1) is 28.8. The van der Waals surface area contributed by atoms with E-state index in [9.17, 15) is 14.7 Å². The normalized spacial score (nSPS) is 24.6. The number of allylic oxidation sites excluding steroid dienone is 1. The smallest absolute Gasteiger partial charge is 0.226 e. The lowest BCUT2D eigenvalue weighted by molar-refractivity contribution is -0.141. The molecular weight excluding hydrogens is 520 g/mol. The van der Waals surface area contributed by atoms with E-state index >= 15 is 0 Å². The van der Waals surface area contributed by atoms with Crippen LogP contribution in [0.4, 0.5) is 0 Å². The second-order valence-corrected chi connectivity index (χ2v) is 18.4. The van der Waals surface area contributed by atoms with Gasteiger partial charge in [0, 0.05) is 58.8 Å². The van der Waals surface area contributed by atoms with Gasteiger partial charge in [0.25, 0.3) is 0 Å². The van der Waals surface area contributed by atoms with Crippen LogP contribution in [-0.2, 0) is 14.3 Å². The number of fused-ring (bicyclic) bond motifs is 1. The Morgan fingerprint density at radius 2 is 1.90 bits per heavy atom. The van der Waals surface area contributed by atoms with Crippen molar-refractivity contribution >= 4 is 32.2 Å². The summed E-state index contributed by atoms with van der Waals surface area (Å²) in [6.07, 6.45) is 5.14. The molecule has 4 aliphatic rings. The maximum atomic E-state index is 13.6. The molecule has 2 N–H and O–H groups in total. The van der Waals surface area contributed by atoms with E-state index in [1.165, 1.54) is 11.8 Å². The third-order valence-electron chi connectivity index (χ3n) is 8.55. The number of hydrogen-bond donors (Lipinski definition) is 2. The summed E-state index contributed by atoms with van der Waals surface area (Å²) in [6.45, 7) is 10.6. The molecule has 2 fully saturated rings. The average Bonchev–Trinajstić information content (AvgIpc) is 3.36. The highest BCUT2D eigenvalue weighted by molar-refractivity contribution is 6.76. The second-order valence-electron chi connectivity index (χ2n) is 12.8. The highest BCUT2D eigenvalue weighted by Crippen LogP contribution is 2.37. The molecule has 0 unspecified atom stereocenters. The fourth-order valence-electron chi connectivity index (χ4n) is 6.08. The highest BCUT2D eigenvalue weighted by Gasteiger charge is 2.40. The average molecular weight is 563 g/mol. The zero-order chi connectivity index (χ0) is 28.3. The van der Waals surface area contributed by atoms with Gasteiger partial charge >= 0.3 is 0 Å². The molecule has 40 heavy (non-hydrogen) atoms. The van der Waals surface area contributed by atoms with E-state index in [1.807, 2.05) is 23.1 Å². The zero-order valence-corrected chi connectivity index (χ0v) is 25.0. The number of carbonyl (C=O) groups is 2. The number of benzene rings is 1. The Morgan fingerprint density at radius 1 is 1.15 bits per heavy atom. The predicted molar refractivity (Wildman–Crippen MR) is 161 cm³/mol. The van der Waals surface area contributed by atoms with Crippen LogP contribution >= 0.6 is 0 Å². The topological polar surface area (TPSA) is 104 Å². The molecule has 0 bridgehead atoms. The van der Waals surface area contributed by atoms with Gasteiger partial charge < -0.3 is 20.1 Å². The van der Waals surface area contributed by atoms with Crippen LogP contribution in [-0.4, -0.2) is 87.2 Å². The molecule has 4 aliphatic heterocycles. The van der Waals surface area contributed by atoms with Crippen molar-refractivity contribution in [3.05, 3.63) is 58.4 Å². The van der Waals surface area contributed by atoms with Crippen molar-refractivity contribution in [1.29, 1.82) is 0 Å². The second kappa shape index (κ2) is 12.0. The molecule has 4 heterocycles. The van der Waals surface area contributed by atoms with Gasteiger partial charge in [-0.2, -0.15) is 0 Å². The van der Waals surface area contributed by atoms with Crippen LogP contribution in [0.25, 0.3) is 0 Å². The van der Waals surface area contributed by atoms with Crippen molar-refractivity contribution in [2.75, 3.05) is 39.4 Å². The van der Waals surface area contributed by atoms with Gasteiger partial charge in [0.2, 0.25) is 11.7 Å². The Labute approximate surface area is 238 Å². The number of aliphatic imine (C=N–C) groups is 2. The summed E-state index contributed by atoms with van der Waals surface area (Å²) in [5.74, 6) is 0.106. The number of Topliss-reactive ketones (excluding diaryl/α,β-unsaturated/α-hetero) is 1. The van der Waals surface area contributed by atoms with Gasteiger partial charge in [0.1, 0.15) is 0 Å². The predicted octanol–water partition coefficient (Wildman–Crippen LogP) is 3.72. The first-order valence-corrected chi connectivity index (χ1v) is 18.3. The van der Waals surface area contributed by atoms with E-state index in [0.717, 1.165) is 31.1 Å². The minimum Gasteiger partial charge on any atom is -0.389 e. The number of amides is 1. The van der Waals surface area contributed by atoms with Crippen LogP contribution in [0, 0.1) is 5.92 Å². The Morgan fingerprint density at radius 3 is 2.62 bits per heavy atom. The molecular formula is C31H42N4O4Si. The highest BCUT2D eigenvalue weighted by atomic mass is 28.3. The number of piperidine rings is 2. The zero-order valence-electron chi connectivity index (χ0n) is 24.0. The van der Waals surface area contributed by atoms with E-state index < -0.39 is 13.7 Å². The lowest BCUT2D eigenvalue weighted by Gasteiger charge is -2.41. The first-order valence-electron chi connectivity index (χ1n) is 14.6. The Balaban J connectivity index is 1.22. The maximum absolute atomic E-state index is 13.6. The minimum absolute atomic E-state index is 0.0556. The number of ether oxygens (including phenoxy) is 1. The summed E-state index contributed by atoms with van der Waals surface area (Å²) < 4.78 is 5.88. The number of likely N-dealkylation sites (tertiary alicyclic amines) is 1. The summed E-state index contributed by atoms with van der Waals surface area (Å²) in [4.78, 5) is 37.2. The molecule has 214 valence electrons. The molecule has 5 rings (SSSR count). The SMILES string of the molecule is C[Si](C)(C)CCOCC1=C2N=CC(CC3(O)CCN(C(=O)[C@@H]4CCNC[C@H]4c4ccccc4)CC3)=C2C(=O)C=N1. The molecule has 0 spiro atoms. The third-order valence-corrected chi connectivity index (χ3v) is 10.3. The summed E-state index contributed by atoms with van der Waals surface area (Å²) in [7, 11) is -1.19. The molecule has 2 atom stereocenters. The standard InChI is InChI=1S/C31H42N4O4Si/c1-40(2,3)16-15-39-21-26-29-28(27(36)20-33-26)23(18-34-29)17-31(38)10-13-35(14-11-31)30(37)24-9-12-32-19-25(24)22-7-5-4-6-8-22/h4-8,18,20,24-25,32,38H,9-17,19,21H2,1-3H3/t24-,25+/m1/s1. The molecule has 0 aromatic heterocycles. The molecule has 1 aromatic rings. The Kier molecular flexibility index (Phi) is 8.65. The molecule has 1 amide bonds. The number of nitrogens with zero attached hydrogens (tertiary/aromatic N) is 3. The van der Waals surface area contributed by atoms with Crippen molar-refractivity contribution in [3.8, 4) is 0 Å². The Hall–Kier alpha value is -2.72. The molecule has 0 radical (unpaired) electrons. The Bertz CT molecular complexity index is 1240. The monoisotopic (exact) mass is 562 g/mol. The number of ketones is 1. The summed E-state index contributed by atoms with van der Waals surface area (Å²) in [5.41, 5.74) is 2.72. The summed E-state index contributed by atoms with van der Waals surface area (Å²) in [6, 6.07) is 11.3. The van der Waals surface area contributed by atoms with Gasteiger partial charge in [0.05, 0.1) is 35.4 Å². The van der Waals surface area contributed by atoms with Gasteiger partial charge in [-0.25, -0.2) is 0 Å². The summed E-state index contributed by atoms with van der Waals surface area (Å²) in [5, 5.41) is 15.0. The van der Waals surface area contributed by atoms with E-state index in [2.05, 4.69) is 47.1 Å². The molecule has 1 aromatic carbocycles. The van der Waals surface area contributed by atoms with Gasteiger partial charge in [-0.1, -0.05) is 50.0 Å². The van der Waals surface area contributed by atoms with Crippen molar-refractivity contribution in [3.63, 3.8) is 0 Å². The minimum atomic E-state index is -1.19. The van der Waals surface area contributed by atoms with E-state index in [4.69, 9.17) is 4.74 Å². The number of aliphatic hydroxyl groups is 1. The van der Waals surface area contributed by atoms with Crippen LogP contribution < -0.4 is 5.32 Å². The quantitative estimate of drug-likeness (QED) is 0.353.